The second-order valence-corrected chi connectivity index (χ2v) is 3.82. The van der Waals surface area contributed by atoms with E-state index in [4.69, 9.17) is 4.74 Å². The Morgan fingerprint density at radius 3 is 2.89 bits per heavy atom. The molecule has 0 aliphatic heterocycles. The predicted octanol–water partition coefficient (Wildman–Crippen LogP) is 2.48. The highest BCUT2D eigenvalue weighted by atomic mass is 16.5. The van der Waals surface area contributed by atoms with Gasteiger partial charge in [0.1, 0.15) is 5.75 Å². The summed E-state index contributed by atoms with van der Waals surface area (Å²) in [7, 11) is 1.65. The van der Waals surface area contributed by atoms with E-state index in [0.29, 0.717) is 0 Å². The van der Waals surface area contributed by atoms with E-state index in [0.717, 1.165) is 28.7 Å². The van der Waals surface area contributed by atoms with E-state index in [9.17, 15) is 0 Å². The zero-order valence-electron chi connectivity index (χ0n) is 9.84. The van der Waals surface area contributed by atoms with E-state index in [1.807, 2.05) is 24.3 Å². The number of imidazole rings is 2. The molecule has 0 unspecified atom stereocenters. The van der Waals surface area contributed by atoms with Crippen molar-refractivity contribution in [3.05, 3.63) is 42.9 Å². The van der Waals surface area contributed by atoms with Crippen LogP contribution >= 0.6 is 0 Å². The highest BCUT2D eigenvalue weighted by Crippen LogP contribution is 2.23. The molecule has 0 aliphatic carbocycles. The van der Waals surface area contributed by atoms with E-state index >= 15 is 0 Å². The number of rotatable bonds is 3. The number of aromatic amines is 2. The van der Waals surface area contributed by atoms with Gasteiger partial charge in [0.25, 0.3) is 0 Å². The molecule has 0 spiro atoms. The maximum absolute atomic E-state index is 5.20. The zero-order valence-corrected chi connectivity index (χ0v) is 9.84. The molecule has 0 amide bonds. The Kier molecular flexibility index (Phi) is 2.57. The molecule has 5 heteroatoms. The molecule has 0 fully saturated rings. The molecule has 3 rings (SSSR count). The van der Waals surface area contributed by atoms with Crippen molar-refractivity contribution in [2.75, 3.05) is 7.11 Å². The Morgan fingerprint density at radius 2 is 2.11 bits per heavy atom. The molecule has 3 aromatic rings. The first-order chi connectivity index (χ1) is 8.86. The summed E-state index contributed by atoms with van der Waals surface area (Å²) >= 11 is 0. The minimum atomic E-state index is 0.720. The van der Waals surface area contributed by atoms with Crippen LogP contribution in [0.2, 0.25) is 0 Å². The van der Waals surface area contributed by atoms with Crippen molar-refractivity contribution < 1.29 is 4.74 Å². The minimum Gasteiger partial charge on any atom is -0.497 e. The standard InChI is InChI=1S/C13H12N4O/c1-18-10-4-2-3-9(7-10)11-8-16-13(17-11)12-14-5-6-15-12/h2-8H,1H3,(H,14,15)(H,16,17). The molecule has 0 saturated carbocycles. The molecule has 0 bridgehead atoms. The summed E-state index contributed by atoms with van der Waals surface area (Å²) in [4.78, 5) is 14.7. The van der Waals surface area contributed by atoms with Crippen molar-refractivity contribution in [2.45, 2.75) is 0 Å². The van der Waals surface area contributed by atoms with Gasteiger partial charge in [0, 0.05) is 18.0 Å². The summed E-state index contributed by atoms with van der Waals surface area (Å²) < 4.78 is 5.20. The van der Waals surface area contributed by atoms with Crippen LogP contribution in [0.3, 0.4) is 0 Å². The van der Waals surface area contributed by atoms with Crippen LogP contribution in [0.4, 0.5) is 0 Å². The van der Waals surface area contributed by atoms with E-state index in [1.165, 1.54) is 0 Å². The first kappa shape index (κ1) is 10.6. The number of benzene rings is 1. The molecular weight excluding hydrogens is 228 g/mol. The molecular formula is C13H12N4O. The van der Waals surface area contributed by atoms with Crippen LogP contribution in [0.25, 0.3) is 22.9 Å². The fourth-order valence-electron chi connectivity index (χ4n) is 1.77. The average Bonchev–Trinajstić information content (AvgIpc) is 3.09. The van der Waals surface area contributed by atoms with Crippen LogP contribution in [0.1, 0.15) is 0 Å². The molecule has 0 atom stereocenters. The van der Waals surface area contributed by atoms with Gasteiger partial charge in [-0.15, -0.1) is 0 Å². The van der Waals surface area contributed by atoms with Crippen LogP contribution in [0.5, 0.6) is 5.75 Å². The summed E-state index contributed by atoms with van der Waals surface area (Å²) in [6.45, 7) is 0. The van der Waals surface area contributed by atoms with Crippen molar-refractivity contribution in [2.24, 2.45) is 0 Å². The van der Waals surface area contributed by atoms with E-state index in [2.05, 4.69) is 19.9 Å². The third kappa shape index (κ3) is 1.86. The molecule has 1 aromatic carbocycles. The van der Waals surface area contributed by atoms with Crippen LogP contribution < -0.4 is 4.74 Å². The molecule has 2 heterocycles. The van der Waals surface area contributed by atoms with Crippen LogP contribution in [0.15, 0.2) is 42.9 Å². The smallest absolute Gasteiger partial charge is 0.174 e. The summed E-state index contributed by atoms with van der Waals surface area (Å²) in [5, 5.41) is 0. The lowest BCUT2D eigenvalue weighted by molar-refractivity contribution is 0.415. The van der Waals surface area contributed by atoms with Crippen LogP contribution in [0, 0.1) is 0 Å². The van der Waals surface area contributed by atoms with Crippen LogP contribution in [-0.2, 0) is 0 Å². The number of H-pyrrole nitrogens is 2. The lowest BCUT2D eigenvalue weighted by atomic mass is 10.1. The quantitative estimate of drug-likeness (QED) is 0.739. The van der Waals surface area contributed by atoms with Gasteiger partial charge in [-0.25, -0.2) is 9.97 Å². The Labute approximate surface area is 104 Å². The monoisotopic (exact) mass is 240 g/mol. The number of ether oxygens (including phenoxy) is 1. The number of methoxy groups -OCH3 is 1. The molecule has 18 heavy (non-hydrogen) atoms. The van der Waals surface area contributed by atoms with E-state index in [-0.39, 0.29) is 0 Å². The maximum atomic E-state index is 5.20. The molecule has 0 saturated heterocycles. The first-order valence-corrected chi connectivity index (χ1v) is 5.56. The van der Waals surface area contributed by atoms with Crippen molar-refractivity contribution >= 4 is 0 Å². The van der Waals surface area contributed by atoms with Gasteiger partial charge in [0.15, 0.2) is 11.6 Å². The Morgan fingerprint density at radius 1 is 1.17 bits per heavy atom. The predicted molar refractivity (Wildman–Crippen MR) is 68.2 cm³/mol. The summed E-state index contributed by atoms with van der Waals surface area (Å²) in [6, 6.07) is 7.82. The highest BCUT2D eigenvalue weighted by Gasteiger charge is 2.07. The lowest BCUT2D eigenvalue weighted by Crippen LogP contribution is -1.85. The molecule has 90 valence electrons. The fourth-order valence-corrected chi connectivity index (χ4v) is 1.77. The lowest BCUT2D eigenvalue weighted by Gasteiger charge is -2.01. The Balaban J connectivity index is 1.97. The SMILES string of the molecule is COc1cccc(-c2cnc(-c3ncc[nH]3)[nH]2)c1. The average molecular weight is 240 g/mol. The summed E-state index contributed by atoms with van der Waals surface area (Å²) in [6.07, 6.45) is 5.25. The van der Waals surface area contributed by atoms with Crippen molar-refractivity contribution in [1.82, 2.24) is 19.9 Å². The number of nitrogens with zero attached hydrogens (tertiary/aromatic N) is 2. The molecule has 2 aromatic heterocycles. The van der Waals surface area contributed by atoms with Gasteiger partial charge in [0.05, 0.1) is 19.0 Å². The summed E-state index contributed by atoms with van der Waals surface area (Å²) in [5.74, 6) is 2.27. The van der Waals surface area contributed by atoms with Gasteiger partial charge in [-0.2, -0.15) is 0 Å². The van der Waals surface area contributed by atoms with Gasteiger partial charge >= 0.3 is 0 Å². The van der Waals surface area contributed by atoms with Gasteiger partial charge in [-0.05, 0) is 12.1 Å². The van der Waals surface area contributed by atoms with E-state index in [1.54, 1.807) is 25.7 Å². The topological polar surface area (TPSA) is 66.6 Å². The van der Waals surface area contributed by atoms with Gasteiger partial charge < -0.3 is 14.7 Å². The molecule has 0 radical (unpaired) electrons. The highest BCUT2D eigenvalue weighted by molar-refractivity contribution is 5.63. The third-order valence-corrected chi connectivity index (χ3v) is 2.68. The zero-order chi connectivity index (χ0) is 12.4. The second kappa shape index (κ2) is 4.37. The molecule has 2 N–H and O–H groups in total. The van der Waals surface area contributed by atoms with Crippen molar-refractivity contribution in [1.29, 1.82) is 0 Å². The number of nitrogens with one attached hydrogen (secondary N) is 2. The molecule has 0 aliphatic rings. The van der Waals surface area contributed by atoms with Crippen molar-refractivity contribution in [3.8, 4) is 28.7 Å². The normalized spacial score (nSPS) is 10.5. The van der Waals surface area contributed by atoms with Gasteiger partial charge in [-0.1, -0.05) is 12.1 Å². The van der Waals surface area contributed by atoms with Gasteiger partial charge in [-0.3, -0.25) is 0 Å². The van der Waals surface area contributed by atoms with E-state index < -0.39 is 0 Å². The second-order valence-electron chi connectivity index (χ2n) is 3.82. The van der Waals surface area contributed by atoms with Gasteiger partial charge in [0.2, 0.25) is 0 Å². The van der Waals surface area contributed by atoms with Crippen molar-refractivity contribution in [3.63, 3.8) is 0 Å². The number of hydrogen-bond acceptors (Lipinski definition) is 3. The summed E-state index contributed by atoms with van der Waals surface area (Å²) in [5.41, 5.74) is 1.96. The third-order valence-electron chi connectivity index (χ3n) is 2.68. The largest absolute Gasteiger partial charge is 0.497 e. The minimum absolute atomic E-state index is 0.720. The Bertz CT molecular complexity index is 643. The number of aromatic nitrogens is 4. The fraction of sp³-hybridized carbons (Fsp3) is 0.0769. The number of hydrogen-bond donors (Lipinski definition) is 2. The molecule has 5 nitrogen and oxygen atoms in total. The Hall–Kier alpha value is -2.56. The van der Waals surface area contributed by atoms with Crippen LogP contribution in [-0.4, -0.2) is 27.0 Å². The first-order valence-electron chi connectivity index (χ1n) is 5.56. The maximum Gasteiger partial charge on any atom is 0.174 e.